The van der Waals surface area contributed by atoms with E-state index in [9.17, 15) is 18.0 Å². The molecule has 1 saturated heterocycles. The van der Waals surface area contributed by atoms with Gasteiger partial charge in [-0.3, -0.25) is 4.79 Å². The smallest absolute Gasteiger partial charge is 0.352 e. The molecule has 2 heterocycles. The highest BCUT2D eigenvalue weighted by Crippen LogP contribution is 2.23. The Bertz CT molecular complexity index is 629. The van der Waals surface area contributed by atoms with Crippen LogP contribution in [0.3, 0.4) is 0 Å². The second-order valence-corrected chi connectivity index (χ2v) is 7.16. The Morgan fingerprint density at radius 1 is 1.47 bits per heavy atom. The maximum absolute atomic E-state index is 11.8. The fourth-order valence-corrected chi connectivity index (χ4v) is 4.13. The average molecular weight is 285 g/mol. The number of aromatic nitrogens is 1. The molecule has 0 aromatic carbocycles. The number of carboxylic acids is 1. The molecule has 1 unspecified atom stereocenters. The van der Waals surface area contributed by atoms with Crippen molar-refractivity contribution in [2.45, 2.75) is 31.6 Å². The summed E-state index contributed by atoms with van der Waals surface area (Å²) in [4.78, 5) is 22.4. The van der Waals surface area contributed by atoms with Crippen LogP contribution in [0.5, 0.6) is 0 Å². The van der Waals surface area contributed by atoms with Gasteiger partial charge in [0.05, 0.1) is 11.0 Å². The van der Waals surface area contributed by atoms with E-state index in [1.165, 1.54) is 23.8 Å². The first-order chi connectivity index (χ1) is 8.81. The minimum absolute atomic E-state index is 0.0488. The molecule has 1 aliphatic rings. The van der Waals surface area contributed by atoms with Crippen molar-refractivity contribution in [1.82, 2.24) is 4.57 Å². The Balaban J connectivity index is 2.34. The molecule has 1 aromatic rings. The number of hydrogen-bond donors (Lipinski definition) is 1. The minimum Gasteiger partial charge on any atom is -0.477 e. The molecule has 1 N–H and O–H groups in total. The summed E-state index contributed by atoms with van der Waals surface area (Å²) >= 11 is 0. The third-order valence-corrected chi connectivity index (χ3v) is 5.64. The fourth-order valence-electron chi connectivity index (χ4n) is 2.32. The van der Waals surface area contributed by atoms with Gasteiger partial charge in [-0.25, -0.2) is 13.2 Å². The zero-order valence-corrected chi connectivity index (χ0v) is 11.3. The van der Waals surface area contributed by atoms with Crippen molar-refractivity contribution in [2.24, 2.45) is 0 Å². The van der Waals surface area contributed by atoms with Gasteiger partial charge in [-0.2, -0.15) is 0 Å². The Morgan fingerprint density at radius 3 is 2.63 bits per heavy atom. The second-order valence-electron chi connectivity index (χ2n) is 4.76. The number of Topliss-reactive ketones (excluding diaryl/α,β-unsaturated/α-hetero) is 1. The van der Waals surface area contributed by atoms with Crippen molar-refractivity contribution in [2.75, 3.05) is 5.75 Å². The van der Waals surface area contributed by atoms with Gasteiger partial charge in [0, 0.05) is 18.3 Å². The highest BCUT2D eigenvalue weighted by Gasteiger charge is 2.32. The van der Waals surface area contributed by atoms with E-state index in [1.807, 2.05) is 0 Å². The quantitative estimate of drug-likeness (QED) is 0.832. The largest absolute Gasteiger partial charge is 0.477 e. The lowest BCUT2D eigenvalue weighted by atomic mass is 10.2. The molecule has 19 heavy (non-hydrogen) atoms. The highest BCUT2D eigenvalue weighted by molar-refractivity contribution is 7.92. The number of ketones is 1. The van der Waals surface area contributed by atoms with E-state index in [1.54, 1.807) is 0 Å². The molecule has 0 bridgehead atoms. The summed E-state index contributed by atoms with van der Waals surface area (Å²) in [6.07, 6.45) is 2.56. The summed E-state index contributed by atoms with van der Waals surface area (Å²) in [6.45, 7) is 1.44. The molecule has 7 heteroatoms. The van der Waals surface area contributed by atoms with E-state index >= 15 is 0 Å². The molecule has 0 spiro atoms. The first kappa shape index (κ1) is 13.8. The second kappa shape index (κ2) is 4.80. The molecular formula is C12H15NO5S. The molecule has 1 fully saturated rings. The van der Waals surface area contributed by atoms with Crippen molar-refractivity contribution in [3.63, 3.8) is 0 Å². The topological polar surface area (TPSA) is 93.4 Å². The van der Waals surface area contributed by atoms with Gasteiger partial charge in [0.15, 0.2) is 15.6 Å². The van der Waals surface area contributed by atoms with Crippen LogP contribution in [0.25, 0.3) is 0 Å². The molecule has 0 radical (unpaired) electrons. The molecule has 0 aliphatic carbocycles. The van der Waals surface area contributed by atoms with Gasteiger partial charge in [-0.1, -0.05) is 0 Å². The highest BCUT2D eigenvalue weighted by atomic mass is 32.2. The number of hydrogen-bond acceptors (Lipinski definition) is 4. The maximum atomic E-state index is 11.8. The van der Waals surface area contributed by atoms with Crippen molar-refractivity contribution in [1.29, 1.82) is 0 Å². The normalized spacial score (nSPS) is 21.4. The van der Waals surface area contributed by atoms with Gasteiger partial charge in [-0.15, -0.1) is 0 Å². The van der Waals surface area contributed by atoms with Gasteiger partial charge in [0.25, 0.3) is 0 Å². The van der Waals surface area contributed by atoms with Crippen molar-refractivity contribution in [3.8, 4) is 0 Å². The van der Waals surface area contributed by atoms with Crippen LogP contribution in [-0.2, 0) is 16.4 Å². The van der Waals surface area contributed by atoms with Crippen LogP contribution in [0, 0.1) is 0 Å². The number of rotatable bonds is 4. The third kappa shape index (κ3) is 2.70. The number of nitrogens with zero attached hydrogens (tertiary/aromatic N) is 1. The van der Waals surface area contributed by atoms with E-state index in [4.69, 9.17) is 5.11 Å². The summed E-state index contributed by atoms with van der Waals surface area (Å²) in [5.41, 5.74) is 0.236. The van der Waals surface area contributed by atoms with Gasteiger partial charge in [0.2, 0.25) is 0 Å². The average Bonchev–Trinajstić information content (AvgIpc) is 2.84. The SMILES string of the molecule is CC(=O)c1cc(C(=O)O)n(CC2CCCS2(=O)=O)c1. The van der Waals surface area contributed by atoms with Gasteiger partial charge >= 0.3 is 5.97 Å². The molecular weight excluding hydrogens is 270 g/mol. The van der Waals surface area contributed by atoms with Crippen LogP contribution in [-0.4, -0.2) is 40.8 Å². The van der Waals surface area contributed by atoms with Crippen LogP contribution in [0.2, 0.25) is 0 Å². The van der Waals surface area contributed by atoms with Gasteiger partial charge < -0.3 is 9.67 Å². The summed E-state index contributed by atoms with van der Waals surface area (Å²) in [5, 5.41) is 8.53. The summed E-state index contributed by atoms with van der Waals surface area (Å²) in [5.74, 6) is -1.25. The number of carbonyl (C=O) groups is 2. The number of aromatic carboxylic acids is 1. The lowest BCUT2D eigenvalue weighted by Gasteiger charge is -2.12. The van der Waals surface area contributed by atoms with E-state index in [-0.39, 0.29) is 29.3 Å². The zero-order chi connectivity index (χ0) is 14.2. The monoisotopic (exact) mass is 285 g/mol. The summed E-state index contributed by atoms with van der Waals surface area (Å²) < 4.78 is 24.9. The fraction of sp³-hybridized carbons (Fsp3) is 0.500. The Hall–Kier alpha value is -1.63. The standard InChI is InChI=1S/C12H15NO5S/c1-8(14)9-5-11(12(15)16)13(6-9)7-10-3-2-4-19(10,17)18/h5-6,10H,2-4,7H2,1H3,(H,15,16). The first-order valence-electron chi connectivity index (χ1n) is 5.97. The molecule has 6 nitrogen and oxygen atoms in total. The summed E-state index contributed by atoms with van der Waals surface area (Å²) in [6, 6.07) is 1.28. The molecule has 1 aliphatic heterocycles. The van der Waals surface area contributed by atoms with Crippen LogP contribution in [0.1, 0.15) is 40.6 Å². The molecule has 2 rings (SSSR count). The number of carboxylic acid groups (broad SMARTS) is 1. The number of sulfone groups is 1. The van der Waals surface area contributed by atoms with Crippen LogP contribution >= 0.6 is 0 Å². The van der Waals surface area contributed by atoms with E-state index in [0.717, 1.165) is 0 Å². The van der Waals surface area contributed by atoms with E-state index in [2.05, 4.69) is 0 Å². The number of carbonyl (C=O) groups excluding carboxylic acids is 1. The van der Waals surface area contributed by atoms with Gasteiger partial charge in [-0.05, 0) is 25.8 Å². The van der Waals surface area contributed by atoms with Crippen molar-refractivity contribution >= 4 is 21.6 Å². The van der Waals surface area contributed by atoms with Gasteiger partial charge in [0.1, 0.15) is 5.69 Å². The van der Waals surface area contributed by atoms with Crippen molar-refractivity contribution < 1.29 is 23.1 Å². The molecule has 0 amide bonds. The first-order valence-corrected chi connectivity index (χ1v) is 7.69. The van der Waals surface area contributed by atoms with E-state index in [0.29, 0.717) is 12.8 Å². The summed E-state index contributed by atoms with van der Waals surface area (Å²) in [7, 11) is -3.14. The van der Waals surface area contributed by atoms with E-state index < -0.39 is 21.1 Å². The predicted octanol–water partition coefficient (Wildman–Crippen LogP) is 0.966. The van der Waals surface area contributed by atoms with Crippen LogP contribution in [0.4, 0.5) is 0 Å². The third-order valence-electron chi connectivity index (χ3n) is 3.39. The molecule has 1 aromatic heterocycles. The predicted molar refractivity (Wildman–Crippen MR) is 68.2 cm³/mol. The Labute approximate surface area is 111 Å². The zero-order valence-electron chi connectivity index (χ0n) is 10.5. The minimum atomic E-state index is -3.14. The molecule has 0 saturated carbocycles. The Kier molecular flexibility index (Phi) is 3.49. The van der Waals surface area contributed by atoms with Crippen LogP contribution in [0.15, 0.2) is 12.3 Å². The lowest BCUT2D eigenvalue weighted by molar-refractivity contribution is 0.0685. The Morgan fingerprint density at radius 2 is 2.16 bits per heavy atom. The molecule has 104 valence electrons. The van der Waals surface area contributed by atoms with Crippen LogP contribution < -0.4 is 0 Å². The molecule has 1 atom stereocenters. The maximum Gasteiger partial charge on any atom is 0.352 e. The van der Waals surface area contributed by atoms with Crippen molar-refractivity contribution in [3.05, 3.63) is 23.5 Å². The lowest BCUT2D eigenvalue weighted by Crippen LogP contribution is -2.23.